The third kappa shape index (κ3) is 4.68. The van der Waals surface area contributed by atoms with Crippen molar-refractivity contribution in [1.29, 1.82) is 5.26 Å². The zero-order chi connectivity index (χ0) is 22.5. The average Bonchev–Trinajstić information content (AvgIpc) is 3.05. The SMILES string of the molecule is COC(=O)c1ccc(Cl)c(-n2c(C)cc(/C=C(/C#N)C(=O)Nc3ccccc3)c2C)c1. The van der Waals surface area contributed by atoms with Crippen LogP contribution in [0, 0.1) is 25.2 Å². The lowest BCUT2D eigenvalue weighted by Gasteiger charge is -2.13. The number of aromatic nitrogens is 1. The molecule has 0 aliphatic heterocycles. The van der Waals surface area contributed by atoms with Gasteiger partial charge in [0.15, 0.2) is 0 Å². The highest BCUT2D eigenvalue weighted by Gasteiger charge is 2.17. The first-order valence-electron chi connectivity index (χ1n) is 9.41. The molecule has 156 valence electrons. The molecular weight excluding hydrogens is 414 g/mol. The zero-order valence-electron chi connectivity index (χ0n) is 17.3. The van der Waals surface area contributed by atoms with E-state index in [-0.39, 0.29) is 5.57 Å². The highest BCUT2D eigenvalue weighted by molar-refractivity contribution is 6.32. The van der Waals surface area contributed by atoms with Gasteiger partial charge in [-0.15, -0.1) is 0 Å². The number of amides is 1. The number of nitrogens with zero attached hydrogens (tertiary/aromatic N) is 2. The summed E-state index contributed by atoms with van der Waals surface area (Å²) < 4.78 is 6.66. The number of halogens is 1. The number of hydrogen-bond donors (Lipinski definition) is 1. The molecule has 3 rings (SSSR count). The Morgan fingerprint density at radius 2 is 1.84 bits per heavy atom. The van der Waals surface area contributed by atoms with Crippen molar-refractivity contribution < 1.29 is 14.3 Å². The van der Waals surface area contributed by atoms with Gasteiger partial charge in [-0.1, -0.05) is 29.8 Å². The van der Waals surface area contributed by atoms with Gasteiger partial charge in [0.1, 0.15) is 11.6 Å². The minimum atomic E-state index is -0.496. The summed E-state index contributed by atoms with van der Waals surface area (Å²) in [5.74, 6) is -0.964. The van der Waals surface area contributed by atoms with Crippen molar-refractivity contribution in [3.05, 3.63) is 87.7 Å². The highest BCUT2D eigenvalue weighted by Crippen LogP contribution is 2.29. The fourth-order valence-corrected chi connectivity index (χ4v) is 3.46. The molecule has 0 bridgehead atoms. The number of para-hydroxylation sites is 1. The van der Waals surface area contributed by atoms with Gasteiger partial charge in [-0.05, 0) is 61.9 Å². The van der Waals surface area contributed by atoms with Gasteiger partial charge in [0.2, 0.25) is 0 Å². The number of aryl methyl sites for hydroxylation is 1. The van der Waals surface area contributed by atoms with Crippen LogP contribution < -0.4 is 5.32 Å². The molecular formula is C24H20ClN3O3. The van der Waals surface area contributed by atoms with Gasteiger partial charge in [-0.25, -0.2) is 4.79 Å². The number of benzene rings is 2. The van der Waals surface area contributed by atoms with Crippen molar-refractivity contribution >= 4 is 35.2 Å². The Balaban J connectivity index is 2.00. The number of anilines is 1. The summed E-state index contributed by atoms with van der Waals surface area (Å²) >= 11 is 6.40. The van der Waals surface area contributed by atoms with Crippen LogP contribution in [0.1, 0.15) is 27.3 Å². The Bertz CT molecular complexity index is 1220. The van der Waals surface area contributed by atoms with E-state index in [1.807, 2.05) is 36.6 Å². The normalized spacial score (nSPS) is 11.0. The van der Waals surface area contributed by atoms with Crippen LogP contribution in [0.5, 0.6) is 0 Å². The van der Waals surface area contributed by atoms with Crippen molar-refractivity contribution in [2.75, 3.05) is 12.4 Å². The van der Waals surface area contributed by atoms with Crippen molar-refractivity contribution in [2.45, 2.75) is 13.8 Å². The Morgan fingerprint density at radius 3 is 2.48 bits per heavy atom. The first-order valence-corrected chi connectivity index (χ1v) is 9.79. The number of methoxy groups -OCH3 is 1. The molecule has 1 N–H and O–H groups in total. The number of rotatable bonds is 5. The topological polar surface area (TPSA) is 84.1 Å². The standard InChI is InChI=1S/C24H20ClN3O3/c1-15-11-18(12-19(14-26)23(29)27-20-7-5-4-6-8-20)16(2)28(15)22-13-17(24(30)31-3)9-10-21(22)25/h4-13H,1-3H3,(H,27,29)/b19-12-. The molecule has 0 aliphatic rings. The van der Waals surface area contributed by atoms with Gasteiger partial charge in [-0.2, -0.15) is 5.26 Å². The van der Waals surface area contributed by atoms with Crippen molar-refractivity contribution in [3.8, 4) is 11.8 Å². The molecule has 0 saturated heterocycles. The summed E-state index contributed by atoms with van der Waals surface area (Å²) in [6, 6.07) is 17.6. The second-order valence-electron chi connectivity index (χ2n) is 6.81. The number of nitriles is 1. The summed E-state index contributed by atoms with van der Waals surface area (Å²) in [4.78, 5) is 24.5. The van der Waals surface area contributed by atoms with Gasteiger partial charge in [0.25, 0.3) is 5.91 Å². The van der Waals surface area contributed by atoms with E-state index in [1.165, 1.54) is 13.2 Å². The van der Waals surface area contributed by atoms with E-state index in [2.05, 4.69) is 5.32 Å². The van der Waals surface area contributed by atoms with Crippen LogP contribution in [0.2, 0.25) is 5.02 Å². The van der Waals surface area contributed by atoms with Gasteiger partial charge >= 0.3 is 5.97 Å². The van der Waals surface area contributed by atoms with E-state index >= 15 is 0 Å². The molecule has 0 atom stereocenters. The average molecular weight is 434 g/mol. The third-order valence-corrected chi connectivity index (χ3v) is 5.09. The fraction of sp³-hybridized carbons (Fsp3) is 0.125. The van der Waals surface area contributed by atoms with Crippen molar-refractivity contribution in [1.82, 2.24) is 4.57 Å². The molecule has 0 spiro atoms. The van der Waals surface area contributed by atoms with Gasteiger partial charge in [0, 0.05) is 17.1 Å². The van der Waals surface area contributed by atoms with Crippen LogP contribution in [-0.4, -0.2) is 23.6 Å². The number of nitrogens with one attached hydrogen (secondary N) is 1. The minimum absolute atomic E-state index is 0.0292. The third-order valence-electron chi connectivity index (χ3n) is 4.77. The first-order chi connectivity index (χ1) is 14.8. The second-order valence-corrected chi connectivity index (χ2v) is 7.22. The molecule has 2 aromatic carbocycles. The van der Waals surface area contributed by atoms with Crippen LogP contribution >= 0.6 is 11.6 Å². The lowest BCUT2D eigenvalue weighted by molar-refractivity contribution is -0.112. The van der Waals surface area contributed by atoms with Crippen LogP contribution in [0.25, 0.3) is 11.8 Å². The predicted octanol–water partition coefficient (Wildman–Crippen LogP) is 5.08. The van der Waals surface area contributed by atoms with E-state index < -0.39 is 11.9 Å². The summed E-state index contributed by atoms with van der Waals surface area (Å²) in [6.07, 6.45) is 1.54. The number of ether oxygens (including phenoxy) is 1. The van der Waals surface area contributed by atoms with E-state index in [1.54, 1.807) is 42.5 Å². The number of hydrogen-bond acceptors (Lipinski definition) is 4. The zero-order valence-corrected chi connectivity index (χ0v) is 18.0. The summed E-state index contributed by atoms with van der Waals surface area (Å²) in [5, 5.41) is 12.7. The van der Waals surface area contributed by atoms with Crippen LogP contribution in [0.15, 0.2) is 60.2 Å². The van der Waals surface area contributed by atoms with Crippen LogP contribution in [-0.2, 0) is 9.53 Å². The van der Waals surface area contributed by atoms with E-state index in [0.717, 1.165) is 11.4 Å². The quantitative estimate of drug-likeness (QED) is 0.345. The van der Waals surface area contributed by atoms with E-state index in [0.29, 0.717) is 27.5 Å². The second kappa shape index (κ2) is 9.33. The molecule has 7 heteroatoms. The molecule has 1 aromatic heterocycles. The van der Waals surface area contributed by atoms with Crippen molar-refractivity contribution in [2.24, 2.45) is 0 Å². The number of carbonyl (C=O) groups is 2. The molecule has 0 fully saturated rings. The molecule has 3 aromatic rings. The molecule has 31 heavy (non-hydrogen) atoms. The Kier molecular flexibility index (Phi) is 6.58. The smallest absolute Gasteiger partial charge is 0.337 e. The lowest BCUT2D eigenvalue weighted by Crippen LogP contribution is -2.13. The fourth-order valence-electron chi connectivity index (χ4n) is 3.26. The summed E-state index contributed by atoms with van der Waals surface area (Å²) in [7, 11) is 1.32. The van der Waals surface area contributed by atoms with E-state index in [9.17, 15) is 14.9 Å². The Morgan fingerprint density at radius 1 is 1.13 bits per heavy atom. The van der Waals surface area contributed by atoms with Crippen LogP contribution in [0.3, 0.4) is 0 Å². The largest absolute Gasteiger partial charge is 0.465 e. The highest BCUT2D eigenvalue weighted by atomic mass is 35.5. The maximum atomic E-state index is 12.5. The molecule has 6 nitrogen and oxygen atoms in total. The summed E-state index contributed by atoms with van der Waals surface area (Å²) in [6.45, 7) is 3.73. The molecule has 1 amide bonds. The predicted molar refractivity (Wildman–Crippen MR) is 120 cm³/mol. The molecule has 0 radical (unpaired) electrons. The van der Waals surface area contributed by atoms with E-state index in [4.69, 9.17) is 16.3 Å². The number of esters is 1. The maximum Gasteiger partial charge on any atom is 0.337 e. The maximum absolute atomic E-state index is 12.5. The monoisotopic (exact) mass is 433 g/mol. The number of carbonyl (C=O) groups excluding carboxylic acids is 2. The van der Waals surface area contributed by atoms with Crippen molar-refractivity contribution in [3.63, 3.8) is 0 Å². The Hall–Kier alpha value is -3.82. The summed E-state index contributed by atoms with van der Waals surface area (Å²) in [5.41, 5.74) is 3.83. The van der Waals surface area contributed by atoms with Gasteiger partial charge in [-0.3, -0.25) is 4.79 Å². The molecule has 0 unspecified atom stereocenters. The molecule has 0 saturated carbocycles. The van der Waals surface area contributed by atoms with Crippen LogP contribution in [0.4, 0.5) is 5.69 Å². The molecule has 0 aliphatic carbocycles. The lowest BCUT2D eigenvalue weighted by atomic mass is 10.1. The van der Waals surface area contributed by atoms with Gasteiger partial charge in [0.05, 0.1) is 23.4 Å². The minimum Gasteiger partial charge on any atom is -0.465 e. The first kappa shape index (κ1) is 21.9. The molecule has 1 heterocycles. The van der Waals surface area contributed by atoms with Gasteiger partial charge < -0.3 is 14.6 Å². The Labute approximate surface area is 185 Å².